The monoisotopic (exact) mass is 590 g/mol. The summed E-state index contributed by atoms with van der Waals surface area (Å²) in [6, 6.07) is 24.6. The maximum absolute atomic E-state index is 13.7. The van der Waals surface area contributed by atoms with Gasteiger partial charge in [-0.2, -0.15) is 0 Å². The van der Waals surface area contributed by atoms with Gasteiger partial charge in [0, 0.05) is 31.0 Å². The smallest absolute Gasteiger partial charge is 0.252 e. The van der Waals surface area contributed by atoms with Gasteiger partial charge in [0.2, 0.25) is 5.91 Å². The number of nitrogens with zero attached hydrogens (tertiary/aromatic N) is 2. The van der Waals surface area contributed by atoms with Crippen molar-refractivity contribution in [2.45, 2.75) is 44.9 Å². The molecule has 0 saturated carbocycles. The van der Waals surface area contributed by atoms with E-state index in [1.54, 1.807) is 12.4 Å². The normalized spacial score (nSPS) is 12.5. The van der Waals surface area contributed by atoms with Gasteiger partial charge in [-0.1, -0.05) is 72.8 Å². The lowest BCUT2D eigenvalue weighted by Crippen LogP contribution is -2.47. The molecule has 0 fully saturated rings. The number of benzene rings is 4. The Morgan fingerprint density at radius 1 is 0.886 bits per heavy atom. The van der Waals surface area contributed by atoms with Crippen LogP contribution in [0.2, 0.25) is 0 Å². The number of amides is 2. The quantitative estimate of drug-likeness (QED) is 0.0689. The lowest BCUT2D eigenvalue weighted by molar-refractivity contribution is -0.123. The Labute approximate surface area is 256 Å². The van der Waals surface area contributed by atoms with E-state index in [1.807, 2.05) is 85.8 Å². The van der Waals surface area contributed by atoms with Gasteiger partial charge in [0.15, 0.2) is 5.96 Å². The molecule has 0 aliphatic carbocycles. The van der Waals surface area contributed by atoms with Gasteiger partial charge in [-0.15, -0.1) is 0 Å². The SMILES string of the molecule is C[C@@H](NC(=O)[C@H](CCCN=C(N)N)NC(=O)c1ccc(CNCc2ncc[nH]2)c2ccccc12)c1cccc2ccccc12. The zero-order valence-electron chi connectivity index (χ0n) is 24.7. The molecule has 5 aromatic rings. The van der Waals surface area contributed by atoms with Crippen molar-refractivity contribution in [2.75, 3.05) is 6.54 Å². The molecule has 0 unspecified atom stereocenters. The number of aromatic amines is 1. The molecule has 44 heavy (non-hydrogen) atoms. The standard InChI is InChI=1S/C34H38N8O2/c1-22(25-13-6-9-23-8-2-3-10-26(23)25)41-33(44)30(14-7-17-40-34(35)36)42-32(43)29-16-15-24(27-11-4-5-12-28(27)29)20-37-21-31-38-18-19-39-31/h2-6,8-13,15-16,18-19,22,30,37H,7,14,17,20-21H2,1H3,(H,38,39)(H,41,44)(H,42,43)(H4,35,36,40)/t22-,30+/m1/s1. The summed E-state index contributed by atoms with van der Waals surface area (Å²) in [5.74, 6) is 0.247. The van der Waals surface area contributed by atoms with Crippen molar-refractivity contribution in [3.8, 4) is 0 Å². The highest BCUT2D eigenvalue weighted by molar-refractivity contribution is 6.09. The Balaban J connectivity index is 1.34. The number of hydrogen-bond donors (Lipinski definition) is 6. The van der Waals surface area contributed by atoms with Crippen LogP contribution in [0.3, 0.4) is 0 Å². The third-order valence-electron chi connectivity index (χ3n) is 7.64. The molecule has 5 rings (SSSR count). The van der Waals surface area contributed by atoms with Gasteiger partial charge in [-0.3, -0.25) is 14.6 Å². The van der Waals surface area contributed by atoms with Crippen LogP contribution in [0.4, 0.5) is 0 Å². The molecule has 0 bridgehead atoms. The van der Waals surface area contributed by atoms with Crippen molar-refractivity contribution >= 4 is 39.3 Å². The van der Waals surface area contributed by atoms with E-state index in [-0.39, 0.29) is 23.8 Å². The average molecular weight is 591 g/mol. The number of guanidine groups is 1. The Morgan fingerprint density at radius 2 is 1.64 bits per heavy atom. The van der Waals surface area contributed by atoms with E-state index in [9.17, 15) is 9.59 Å². The first kappa shape index (κ1) is 30.2. The van der Waals surface area contributed by atoms with Crippen LogP contribution in [0.5, 0.6) is 0 Å². The number of H-pyrrole nitrogens is 1. The topological polar surface area (TPSA) is 163 Å². The zero-order chi connectivity index (χ0) is 30.9. The maximum Gasteiger partial charge on any atom is 0.252 e. The predicted molar refractivity (Wildman–Crippen MR) is 175 cm³/mol. The number of hydrogen-bond acceptors (Lipinski definition) is 5. The van der Waals surface area contributed by atoms with Gasteiger partial charge in [0.05, 0.1) is 12.6 Å². The molecule has 0 spiro atoms. The molecule has 0 saturated heterocycles. The summed E-state index contributed by atoms with van der Waals surface area (Å²) in [5.41, 5.74) is 13.5. The largest absolute Gasteiger partial charge is 0.370 e. The summed E-state index contributed by atoms with van der Waals surface area (Å²) in [5, 5.41) is 13.5. The van der Waals surface area contributed by atoms with E-state index >= 15 is 0 Å². The van der Waals surface area contributed by atoms with Gasteiger partial charge < -0.3 is 32.4 Å². The van der Waals surface area contributed by atoms with Crippen LogP contribution in [0.25, 0.3) is 21.5 Å². The van der Waals surface area contributed by atoms with Gasteiger partial charge >= 0.3 is 0 Å². The molecule has 2 atom stereocenters. The molecule has 0 aliphatic heterocycles. The number of imidazole rings is 1. The molecule has 2 amide bonds. The van der Waals surface area contributed by atoms with Crippen LogP contribution in [0, 0.1) is 0 Å². The fraction of sp³-hybridized carbons (Fsp3) is 0.235. The highest BCUT2D eigenvalue weighted by Gasteiger charge is 2.24. The summed E-state index contributed by atoms with van der Waals surface area (Å²) in [4.78, 5) is 38.8. The number of aromatic nitrogens is 2. The summed E-state index contributed by atoms with van der Waals surface area (Å²) in [7, 11) is 0. The number of nitrogens with one attached hydrogen (secondary N) is 4. The summed E-state index contributed by atoms with van der Waals surface area (Å²) < 4.78 is 0. The second-order valence-corrected chi connectivity index (χ2v) is 10.7. The fourth-order valence-electron chi connectivity index (χ4n) is 5.45. The second-order valence-electron chi connectivity index (χ2n) is 10.7. The van der Waals surface area contributed by atoms with E-state index < -0.39 is 6.04 Å². The Kier molecular flexibility index (Phi) is 9.83. The van der Waals surface area contributed by atoms with E-state index in [2.05, 4.69) is 30.9 Å². The predicted octanol–water partition coefficient (Wildman–Crippen LogP) is 4.04. The minimum absolute atomic E-state index is 0.00942. The molecule has 4 aromatic carbocycles. The molecule has 8 N–H and O–H groups in total. The van der Waals surface area contributed by atoms with Gasteiger partial charge in [0.25, 0.3) is 5.91 Å². The maximum atomic E-state index is 13.7. The Morgan fingerprint density at radius 3 is 2.41 bits per heavy atom. The summed E-state index contributed by atoms with van der Waals surface area (Å²) in [6.07, 6.45) is 4.39. The molecular weight excluding hydrogens is 552 g/mol. The van der Waals surface area contributed by atoms with Crippen LogP contribution in [-0.2, 0) is 17.9 Å². The average Bonchev–Trinajstić information content (AvgIpc) is 3.55. The minimum atomic E-state index is -0.789. The molecule has 226 valence electrons. The number of nitrogens with two attached hydrogens (primary N) is 2. The van der Waals surface area contributed by atoms with Gasteiger partial charge in [0.1, 0.15) is 11.9 Å². The van der Waals surface area contributed by atoms with E-state index in [1.165, 1.54) is 0 Å². The van der Waals surface area contributed by atoms with E-state index in [0.717, 1.165) is 38.5 Å². The lowest BCUT2D eigenvalue weighted by Gasteiger charge is -2.23. The molecule has 1 heterocycles. The first-order chi connectivity index (χ1) is 21.4. The van der Waals surface area contributed by atoms with Gasteiger partial charge in [-0.05, 0) is 58.5 Å². The van der Waals surface area contributed by atoms with Crippen LogP contribution in [0.15, 0.2) is 96.2 Å². The Bertz CT molecular complexity index is 1760. The number of aliphatic imine (C=N–C) groups is 1. The fourth-order valence-corrected chi connectivity index (χ4v) is 5.45. The number of fused-ring (bicyclic) bond motifs is 2. The highest BCUT2D eigenvalue weighted by atomic mass is 16.2. The number of rotatable bonds is 13. The molecule has 10 heteroatoms. The van der Waals surface area contributed by atoms with E-state index in [4.69, 9.17) is 11.5 Å². The van der Waals surface area contributed by atoms with Crippen LogP contribution in [-0.4, -0.2) is 40.3 Å². The number of carbonyl (C=O) groups excluding carboxylic acids is 2. The molecule has 1 aromatic heterocycles. The van der Waals surface area contributed by atoms with Crippen LogP contribution in [0.1, 0.15) is 53.1 Å². The summed E-state index contributed by atoms with van der Waals surface area (Å²) >= 11 is 0. The zero-order valence-corrected chi connectivity index (χ0v) is 24.7. The highest BCUT2D eigenvalue weighted by Crippen LogP contribution is 2.25. The van der Waals surface area contributed by atoms with Crippen LogP contribution < -0.4 is 27.4 Å². The summed E-state index contributed by atoms with van der Waals surface area (Å²) in [6.45, 7) is 3.50. The first-order valence-corrected chi connectivity index (χ1v) is 14.7. The van der Waals surface area contributed by atoms with Crippen molar-refractivity contribution < 1.29 is 9.59 Å². The minimum Gasteiger partial charge on any atom is -0.370 e. The van der Waals surface area contributed by atoms with Crippen molar-refractivity contribution in [3.63, 3.8) is 0 Å². The first-order valence-electron chi connectivity index (χ1n) is 14.7. The van der Waals surface area contributed by atoms with Crippen molar-refractivity contribution in [1.29, 1.82) is 0 Å². The third kappa shape index (κ3) is 7.40. The van der Waals surface area contributed by atoms with Crippen molar-refractivity contribution in [2.24, 2.45) is 16.5 Å². The second kappa shape index (κ2) is 14.3. The molecule has 0 aliphatic rings. The Hall–Kier alpha value is -5.22. The molecule has 10 nitrogen and oxygen atoms in total. The molecule has 0 radical (unpaired) electrons. The van der Waals surface area contributed by atoms with Crippen molar-refractivity contribution in [3.05, 3.63) is 114 Å². The third-order valence-corrected chi connectivity index (χ3v) is 7.64. The lowest BCUT2D eigenvalue weighted by atomic mass is 9.98. The van der Waals surface area contributed by atoms with Gasteiger partial charge in [-0.25, -0.2) is 4.98 Å². The number of carbonyl (C=O) groups is 2. The van der Waals surface area contributed by atoms with Crippen molar-refractivity contribution in [1.82, 2.24) is 25.9 Å². The van der Waals surface area contributed by atoms with E-state index in [0.29, 0.717) is 38.0 Å². The molecular formula is C34H38N8O2. The van der Waals surface area contributed by atoms with Crippen LogP contribution >= 0.6 is 0 Å².